The highest BCUT2D eigenvalue weighted by atomic mass is 32.2. The van der Waals surface area contributed by atoms with Crippen molar-refractivity contribution >= 4 is 10.0 Å². The van der Waals surface area contributed by atoms with Gasteiger partial charge in [-0.05, 0) is 55.5 Å². The summed E-state index contributed by atoms with van der Waals surface area (Å²) in [5.74, 6) is 0. The van der Waals surface area contributed by atoms with E-state index in [9.17, 15) is 8.42 Å². The van der Waals surface area contributed by atoms with Crippen molar-refractivity contribution in [2.45, 2.75) is 38.6 Å². The van der Waals surface area contributed by atoms with Crippen LogP contribution in [0.5, 0.6) is 0 Å². The first kappa shape index (κ1) is 19.1. The number of sulfonamides is 1. The van der Waals surface area contributed by atoms with Crippen LogP contribution in [0.3, 0.4) is 0 Å². The van der Waals surface area contributed by atoms with Crippen molar-refractivity contribution in [2.24, 2.45) is 0 Å². The molecule has 2 aromatic rings. The standard InChI is InChI=1S/C21H28N2O2S/c1-15-13-16(2)18(4)21(17(15)3)26(24,25)23-12-11-22(5)14-20(23)19-9-7-6-8-10-19/h6-10,13,20H,11-12,14H2,1-5H3/p+1/t20-/m1/s1. The van der Waals surface area contributed by atoms with Gasteiger partial charge in [-0.1, -0.05) is 36.4 Å². The molecule has 0 spiro atoms. The minimum Gasteiger partial charge on any atom is -0.335 e. The number of aryl methyl sites for hydroxylation is 2. The highest BCUT2D eigenvalue weighted by Gasteiger charge is 2.39. The van der Waals surface area contributed by atoms with E-state index in [0.717, 1.165) is 40.9 Å². The van der Waals surface area contributed by atoms with Crippen molar-refractivity contribution in [3.63, 3.8) is 0 Å². The highest BCUT2D eigenvalue weighted by Crippen LogP contribution is 2.33. The average Bonchev–Trinajstić information content (AvgIpc) is 2.60. The monoisotopic (exact) mass is 373 g/mol. The van der Waals surface area contributed by atoms with Crippen molar-refractivity contribution in [1.82, 2.24) is 4.31 Å². The lowest BCUT2D eigenvalue weighted by molar-refractivity contribution is -0.887. The molecule has 0 amide bonds. The molecule has 26 heavy (non-hydrogen) atoms. The first-order chi connectivity index (χ1) is 12.2. The van der Waals surface area contributed by atoms with Gasteiger partial charge in [-0.3, -0.25) is 0 Å². The van der Waals surface area contributed by atoms with Crippen molar-refractivity contribution in [3.05, 3.63) is 64.2 Å². The third-order valence-corrected chi connectivity index (χ3v) is 7.88. The smallest absolute Gasteiger partial charge is 0.244 e. The van der Waals surface area contributed by atoms with Crippen LogP contribution >= 0.6 is 0 Å². The van der Waals surface area contributed by atoms with Crippen molar-refractivity contribution in [2.75, 3.05) is 26.7 Å². The van der Waals surface area contributed by atoms with E-state index in [1.807, 2.05) is 58.0 Å². The van der Waals surface area contributed by atoms with Crippen molar-refractivity contribution < 1.29 is 13.3 Å². The molecular formula is C21H29N2O2S+. The Kier molecular flexibility index (Phi) is 5.24. The number of rotatable bonds is 3. The zero-order valence-electron chi connectivity index (χ0n) is 16.3. The molecule has 1 aliphatic rings. The molecule has 5 heteroatoms. The van der Waals surface area contributed by atoms with Gasteiger partial charge in [0.05, 0.1) is 37.6 Å². The number of piperazine rings is 1. The molecule has 0 aromatic heterocycles. The second-order valence-corrected chi connectivity index (χ2v) is 9.37. The number of quaternary nitrogens is 1. The van der Waals surface area contributed by atoms with Gasteiger partial charge in [0.2, 0.25) is 10.0 Å². The SMILES string of the molecule is Cc1cc(C)c(C)c(S(=O)(=O)N2CC[NH+](C)C[C@@H]2c2ccccc2)c1C. The summed E-state index contributed by atoms with van der Waals surface area (Å²) in [6.07, 6.45) is 0. The van der Waals surface area contributed by atoms with Crippen molar-refractivity contribution in [1.29, 1.82) is 0 Å². The maximum atomic E-state index is 13.7. The van der Waals surface area contributed by atoms with Crippen LogP contribution < -0.4 is 4.90 Å². The summed E-state index contributed by atoms with van der Waals surface area (Å²) in [5.41, 5.74) is 4.86. The second-order valence-electron chi connectivity index (χ2n) is 7.54. The zero-order chi connectivity index (χ0) is 19.1. The Balaban J connectivity index is 2.14. The molecule has 2 atom stereocenters. The Labute approximate surface area is 157 Å². The van der Waals surface area contributed by atoms with E-state index in [1.54, 1.807) is 4.31 Å². The van der Waals surface area contributed by atoms with E-state index < -0.39 is 10.0 Å². The second kappa shape index (κ2) is 7.14. The summed E-state index contributed by atoms with van der Waals surface area (Å²) in [6.45, 7) is 9.98. The van der Waals surface area contributed by atoms with Gasteiger partial charge in [0.15, 0.2) is 0 Å². The normalized spacial score (nSPS) is 21.7. The molecule has 0 aliphatic carbocycles. The van der Waals surface area contributed by atoms with Crippen LogP contribution in [0.2, 0.25) is 0 Å². The number of hydrogen-bond donors (Lipinski definition) is 1. The third kappa shape index (κ3) is 3.31. The van der Waals surface area contributed by atoms with Gasteiger partial charge < -0.3 is 4.90 Å². The van der Waals surface area contributed by atoms with E-state index >= 15 is 0 Å². The van der Waals surface area contributed by atoms with Crippen molar-refractivity contribution in [3.8, 4) is 0 Å². The minimum absolute atomic E-state index is 0.130. The molecule has 1 unspecified atom stereocenters. The van der Waals surface area contributed by atoms with Crippen LogP contribution in [0.4, 0.5) is 0 Å². The van der Waals surface area contributed by atoms with E-state index in [1.165, 1.54) is 4.90 Å². The molecule has 1 heterocycles. The molecule has 3 rings (SSSR count). The van der Waals surface area contributed by atoms with Crippen LogP contribution in [-0.4, -0.2) is 39.4 Å². The van der Waals surface area contributed by atoms with Crippen LogP contribution in [0.15, 0.2) is 41.3 Å². The lowest BCUT2D eigenvalue weighted by Gasteiger charge is -2.37. The van der Waals surface area contributed by atoms with Gasteiger partial charge in [0.1, 0.15) is 0 Å². The third-order valence-electron chi connectivity index (χ3n) is 5.70. The van der Waals surface area contributed by atoms with Crippen LogP contribution in [0.1, 0.15) is 33.9 Å². The summed E-state index contributed by atoms with van der Waals surface area (Å²) in [5, 5.41) is 0. The summed E-state index contributed by atoms with van der Waals surface area (Å²) in [4.78, 5) is 1.86. The Bertz CT molecular complexity index is 881. The highest BCUT2D eigenvalue weighted by molar-refractivity contribution is 7.89. The lowest BCUT2D eigenvalue weighted by atomic mass is 10.0. The molecule has 1 saturated heterocycles. The van der Waals surface area contributed by atoms with Gasteiger partial charge >= 0.3 is 0 Å². The fourth-order valence-electron chi connectivity index (χ4n) is 3.92. The Morgan fingerprint density at radius 1 is 1.00 bits per heavy atom. The molecule has 2 aromatic carbocycles. The summed E-state index contributed by atoms with van der Waals surface area (Å²) >= 11 is 0. The molecule has 0 radical (unpaired) electrons. The van der Waals surface area contributed by atoms with Gasteiger partial charge in [0.25, 0.3) is 0 Å². The molecule has 0 bridgehead atoms. The summed E-state index contributed by atoms with van der Waals surface area (Å²) in [6, 6.07) is 12.0. The molecule has 1 aliphatic heterocycles. The molecule has 4 nitrogen and oxygen atoms in total. The Morgan fingerprint density at radius 2 is 1.58 bits per heavy atom. The number of hydrogen-bond acceptors (Lipinski definition) is 2. The fourth-order valence-corrected chi connectivity index (χ4v) is 6.12. The van der Waals surface area contributed by atoms with Gasteiger partial charge in [-0.2, -0.15) is 4.31 Å². The minimum atomic E-state index is -3.57. The topological polar surface area (TPSA) is 41.8 Å². The van der Waals surface area contributed by atoms with Crippen LogP contribution in [-0.2, 0) is 10.0 Å². The van der Waals surface area contributed by atoms with Gasteiger partial charge in [0, 0.05) is 0 Å². The lowest BCUT2D eigenvalue weighted by Crippen LogP contribution is -3.12. The number of likely N-dealkylation sites (N-methyl/N-ethyl adjacent to an activating group) is 1. The molecular weight excluding hydrogens is 344 g/mol. The Hall–Kier alpha value is -1.69. The molecule has 0 saturated carbocycles. The predicted molar refractivity (Wildman–Crippen MR) is 105 cm³/mol. The van der Waals surface area contributed by atoms with E-state index in [2.05, 4.69) is 13.1 Å². The van der Waals surface area contributed by atoms with Crippen LogP contribution in [0.25, 0.3) is 0 Å². The number of nitrogens with zero attached hydrogens (tertiary/aromatic N) is 1. The zero-order valence-corrected chi connectivity index (χ0v) is 17.2. The number of nitrogens with one attached hydrogen (secondary N) is 1. The van der Waals surface area contributed by atoms with Gasteiger partial charge in [-0.15, -0.1) is 0 Å². The quantitative estimate of drug-likeness (QED) is 0.896. The predicted octanol–water partition coefficient (Wildman–Crippen LogP) is 2.18. The largest absolute Gasteiger partial charge is 0.335 e. The fraction of sp³-hybridized carbons (Fsp3) is 0.429. The maximum Gasteiger partial charge on any atom is 0.244 e. The molecule has 1 N–H and O–H groups in total. The van der Waals surface area contributed by atoms with E-state index in [0.29, 0.717) is 11.4 Å². The maximum absolute atomic E-state index is 13.7. The Morgan fingerprint density at radius 3 is 2.15 bits per heavy atom. The van der Waals surface area contributed by atoms with E-state index in [4.69, 9.17) is 0 Å². The van der Waals surface area contributed by atoms with E-state index in [-0.39, 0.29) is 6.04 Å². The molecule has 140 valence electrons. The first-order valence-corrected chi connectivity index (χ1v) is 10.6. The van der Waals surface area contributed by atoms with Gasteiger partial charge in [-0.25, -0.2) is 8.42 Å². The number of benzene rings is 2. The summed E-state index contributed by atoms with van der Waals surface area (Å²) < 4.78 is 29.2. The average molecular weight is 374 g/mol. The first-order valence-electron chi connectivity index (χ1n) is 9.19. The van der Waals surface area contributed by atoms with Crippen LogP contribution in [0, 0.1) is 27.7 Å². The molecule has 1 fully saturated rings. The summed E-state index contributed by atoms with van der Waals surface area (Å²) in [7, 11) is -1.44.